The van der Waals surface area contributed by atoms with Crippen LogP contribution in [0.4, 0.5) is 0 Å². The quantitative estimate of drug-likeness (QED) is 0.0261. The summed E-state index contributed by atoms with van der Waals surface area (Å²) in [4.78, 5) is 38.3. The van der Waals surface area contributed by atoms with Gasteiger partial charge in [-0.15, -0.1) is 0 Å². The largest absolute Gasteiger partial charge is 0.462 e. The predicted molar refractivity (Wildman–Crippen MR) is 349 cm³/mol. The standard InChI is InChI=1S/C74H142O6/c1-4-7-10-13-16-19-22-24-26-28-30-31-32-33-34-35-36-37-38-39-40-41-42-43-45-46-48-50-52-55-58-61-64-67-73(76)79-70-71(69-78-72(75)66-63-60-57-54-21-18-15-12-9-6-3)80-74(77)68-65-62-59-56-53-51-49-47-44-29-27-25-23-20-17-14-11-8-5-2/h12,15,71H,4-11,13-14,16-70H2,1-3H3/b15-12-. The third-order valence-electron chi connectivity index (χ3n) is 17.0. The van der Waals surface area contributed by atoms with E-state index in [1.165, 1.54) is 315 Å². The molecule has 0 aromatic rings. The lowest BCUT2D eigenvalue weighted by Crippen LogP contribution is -2.30. The van der Waals surface area contributed by atoms with Crippen LogP contribution in [0, 0.1) is 0 Å². The van der Waals surface area contributed by atoms with Crippen LogP contribution in [0.5, 0.6) is 0 Å². The molecule has 1 unspecified atom stereocenters. The fourth-order valence-corrected chi connectivity index (χ4v) is 11.5. The summed E-state index contributed by atoms with van der Waals surface area (Å²) in [6.07, 6.45) is 84.3. The first-order valence-electron chi connectivity index (χ1n) is 36.7. The van der Waals surface area contributed by atoms with E-state index in [1.807, 2.05) is 0 Å². The highest BCUT2D eigenvalue weighted by atomic mass is 16.6. The van der Waals surface area contributed by atoms with Crippen LogP contribution in [0.2, 0.25) is 0 Å². The van der Waals surface area contributed by atoms with Gasteiger partial charge in [-0.2, -0.15) is 0 Å². The number of unbranched alkanes of at least 4 members (excludes halogenated alkanes) is 56. The van der Waals surface area contributed by atoms with Crippen molar-refractivity contribution in [2.75, 3.05) is 13.2 Å². The lowest BCUT2D eigenvalue weighted by molar-refractivity contribution is -0.167. The van der Waals surface area contributed by atoms with Gasteiger partial charge in [0.1, 0.15) is 13.2 Å². The zero-order valence-electron chi connectivity index (χ0n) is 54.6. The van der Waals surface area contributed by atoms with E-state index in [0.29, 0.717) is 19.3 Å². The Morgan fingerprint density at radius 2 is 0.438 bits per heavy atom. The second-order valence-corrected chi connectivity index (χ2v) is 25.2. The Morgan fingerprint density at radius 1 is 0.237 bits per heavy atom. The van der Waals surface area contributed by atoms with Crippen molar-refractivity contribution in [3.63, 3.8) is 0 Å². The average molecular weight is 1130 g/mol. The Labute approximate surface area is 501 Å². The van der Waals surface area contributed by atoms with Gasteiger partial charge in [0, 0.05) is 19.3 Å². The number of allylic oxidation sites excluding steroid dienone is 2. The minimum absolute atomic E-state index is 0.0661. The smallest absolute Gasteiger partial charge is 0.306 e. The fourth-order valence-electron chi connectivity index (χ4n) is 11.5. The highest BCUT2D eigenvalue weighted by Crippen LogP contribution is 2.20. The van der Waals surface area contributed by atoms with Gasteiger partial charge < -0.3 is 14.2 Å². The van der Waals surface area contributed by atoms with E-state index in [1.54, 1.807) is 0 Å². The van der Waals surface area contributed by atoms with E-state index in [4.69, 9.17) is 14.2 Å². The van der Waals surface area contributed by atoms with Gasteiger partial charge in [0.2, 0.25) is 0 Å². The molecule has 0 spiro atoms. The minimum atomic E-state index is -0.769. The van der Waals surface area contributed by atoms with Gasteiger partial charge in [0.25, 0.3) is 0 Å². The summed E-state index contributed by atoms with van der Waals surface area (Å²) in [5, 5.41) is 0. The number of carbonyl (C=O) groups is 3. The molecule has 0 rings (SSSR count). The zero-order valence-corrected chi connectivity index (χ0v) is 54.6. The van der Waals surface area contributed by atoms with Crippen LogP contribution in [0.15, 0.2) is 12.2 Å². The molecule has 1 atom stereocenters. The summed E-state index contributed by atoms with van der Waals surface area (Å²) >= 11 is 0. The molecule has 0 aromatic carbocycles. The maximum absolute atomic E-state index is 12.9. The summed E-state index contributed by atoms with van der Waals surface area (Å²) in [5.41, 5.74) is 0. The van der Waals surface area contributed by atoms with Gasteiger partial charge >= 0.3 is 17.9 Å². The van der Waals surface area contributed by atoms with Gasteiger partial charge in [0.05, 0.1) is 0 Å². The zero-order chi connectivity index (χ0) is 57.8. The van der Waals surface area contributed by atoms with Crippen LogP contribution in [-0.4, -0.2) is 37.2 Å². The molecule has 0 bridgehead atoms. The number of hydrogen-bond acceptors (Lipinski definition) is 6. The molecule has 0 heterocycles. The second kappa shape index (κ2) is 69.6. The number of carbonyl (C=O) groups excluding carboxylic acids is 3. The Bertz CT molecular complexity index is 1250. The van der Waals surface area contributed by atoms with E-state index in [0.717, 1.165) is 70.6 Å². The molecular weight excluding hydrogens is 985 g/mol. The Kier molecular flexibility index (Phi) is 68.0. The first-order chi connectivity index (χ1) is 39.5. The van der Waals surface area contributed by atoms with Crippen molar-refractivity contribution in [3.05, 3.63) is 12.2 Å². The van der Waals surface area contributed by atoms with Crippen molar-refractivity contribution in [1.82, 2.24) is 0 Å². The van der Waals surface area contributed by atoms with Gasteiger partial charge in [-0.1, -0.05) is 380 Å². The van der Waals surface area contributed by atoms with Crippen LogP contribution in [0.1, 0.15) is 425 Å². The van der Waals surface area contributed by atoms with Crippen LogP contribution >= 0.6 is 0 Å². The van der Waals surface area contributed by atoms with Crippen molar-refractivity contribution in [3.8, 4) is 0 Å². The summed E-state index contributed by atoms with van der Waals surface area (Å²) in [6.45, 7) is 6.66. The molecule has 80 heavy (non-hydrogen) atoms. The Morgan fingerprint density at radius 3 is 0.675 bits per heavy atom. The van der Waals surface area contributed by atoms with Gasteiger partial charge in [-0.05, 0) is 38.5 Å². The molecule has 0 saturated carbocycles. The van der Waals surface area contributed by atoms with Crippen molar-refractivity contribution in [1.29, 1.82) is 0 Å². The number of rotatable bonds is 69. The summed E-state index contributed by atoms with van der Waals surface area (Å²) < 4.78 is 16.9. The van der Waals surface area contributed by atoms with Gasteiger partial charge in [-0.3, -0.25) is 14.4 Å². The molecule has 474 valence electrons. The summed E-state index contributed by atoms with van der Waals surface area (Å²) in [5.74, 6) is -0.844. The van der Waals surface area contributed by atoms with Crippen molar-refractivity contribution >= 4 is 17.9 Å². The molecule has 0 saturated heterocycles. The SMILES string of the molecule is CCC/C=C\CCCCCCCC(=O)OCC(COC(=O)CCCCCCCCCCCCCCCCCCCCCCCCCCCCCCCCCCC)OC(=O)CCCCCCCCCCCCCCCCCCCCC. The Hall–Kier alpha value is -1.85. The van der Waals surface area contributed by atoms with Crippen LogP contribution < -0.4 is 0 Å². The topological polar surface area (TPSA) is 78.9 Å². The van der Waals surface area contributed by atoms with Crippen LogP contribution in [0.25, 0.3) is 0 Å². The highest BCUT2D eigenvalue weighted by molar-refractivity contribution is 5.71. The molecule has 0 aliphatic heterocycles. The Balaban J connectivity index is 4.01. The first kappa shape index (κ1) is 78.1. The molecule has 0 radical (unpaired) electrons. The third kappa shape index (κ3) is 66.9. The van der Waals surface area contributed by atoms with Crippen LogP contribution in [-0.2, 0) is 28.6 Å². The van der Waals surface area contributed by atoms with Crippen molar-refractivity contribution < 1.29 is 28.6 Å². The highest BCUT2D eigenvalue weighted by Gasteiger charge is 2.20. The summed E-state index contributed by atoms with van der Waals surface area (Å²) in [7, 11) is 0. The van der Waals surface area contributed by atoms with E-state index in [2.05, 4.69) is 32.9 Å². The van der Waals surface area contributed by atoms with E-state index in [9.17, 15) is 14.4 Å². The first-order valence-corrected chi connectivity index (χ1v) is 36.7. The maximum atomic E-state index is 12.9. The average Bonchev–Trinajstić information content (AvgIpc) is 3.46. The molecular formula is C74H142O6. The maximum Gasteiger partial charge on any atom is 0.306 e. The molecule has 0 aliphatic rings. The van der Waals surface area contributed by atoms with Crippen molar-refractivity contribution in [2.45, 2.75) is 431 Å². The molecule has 6 heteroatoms. The molecule has 0 aliphatic carbocycles. The second-order valence-electron chi connectivity index (χ2n) is 25.2. The number of hydrogen-bond donors (Lipinski definition) is 0. The van der Waals surface area contributed by atoms with Crippen molar-refractivity contribution in [2.24, 2.45) is 0 Å². The lowest BCUT2D eigenvalue weighted by atomic mass is 10.0. The van der Waals surface area contributed by atoms with Gasteiger partial charge in [0.15, 0.2) is 6.10 Å². The fraction of sp³-hybridized carbons (Fsp3) is 0.932. The third-order valence-corrected chi connectivity index (χ3v) is 17.0. The molecule has 0 amide bonds. The molecule has 0 aromatic heterocycles. The predicted octanol–water partition coefficient (Wildman–Crippen LogP) is 25.2. The lowest BCUT2D eigenvalue weighted by Gasteiger charge is -2.18. The normalized spacial score (nSPS) is 12.0. The van der Waals surface area contributed by atoms with Gasteiger partial charge in [-0.25, -0.2) is 0 Å². The molecule has 6 nitrogen and oxygen atoms in total. The molecule has 0 fully saturated rings. The minimum Gasteiger partial charge on any atom is -0.462 e. The monoisotopic (exact) mass is 1130 g/mol. The van der Waals surface area contributed by atoms with E-state index >= 15 is 0 Å². The summed E-state index contributed by atoms with van der Waals surface area (Å²) in [6, 6.07) is 0. The number of esters is 3. The molecule has 0 N–H and O–H groups in total. The van der Waals surface area contributed by atoms with E-state index < -0.39 is 6.10 Å². The number of ether oxygens (including phenoxy) is 3. The van der Waals surface area contributed by atoms with Crippen LogP contribution in [0.3, 0.4) is 0 Å². The van der Waals surface area contributed by atoms with E-state index in [-0.39, 0.29) is 31.1 Å².